The van der Waals surface area contributed by atoms with E-state index in [4.69, 9.17) is 9.47 Å². The molecule has 1 aliphatic heterocycles. The summed E-state index contributed by atoms with van der Waals surface area (Å²) in [6.07, 6.45) is 3.22. The van der Waals surface area contributed by atoms with Crippen molar-refractivity contribution in [1.82, 2.24) is 9.62 Å². The molecule has 28 heavy (non-hydrogen) atoms. The Balaban J connectivity index is 1.94. The highest BCUT2D eigenvalue weighted by molar-refractivity contribution is 7.89. The van der Waals surface area contributed by atoms with Gasteiger partial charge in [0, 0.05) is 12.6 Å². The second-order valence-corrected chi connectivity index (χ2v) is 8.81. The topological polar surface area (TPSA) is 89.4 Å². The maximum absolute atomic E-state index is 13.1. The largest absolute Gasteiger partial charge is 0.497 e. The summed E-state index contributed by atoms with van der Waals surface area (Å²) in [4.78, 5) is 13.2. The molecule has 0 aliphatic carbocycles. The van der Waals surface area contributed by atoms with E-state index in [2.05, 4.69) is 12.2 Å². The lowest BCUT2D eigenvalue weighted by Crippen LogP contribution is -3.15. The first-order valence-electron chi connectivity index (χ1n) is 9.74. The zero-order valence-corrected chi connectivity index (χ0v) is 17.8. The summed E-state index contributed by atoms with van der Waals surface area (Å²) < 4.78 is 38.0. The number of piperazine rings is 1. The van der Waals surface area contributed by atoms with E-state index in [0.29, 0.717) is 50.8 Å². The Labute approximate surface area is 167 Å². The lowest BCUT2D eigenvalue weighted by Gasteiger charge is -2.31. The average Bonchev–Trinajstić information content (AvgIpc) is 2.71. The molecule has 0 unspecified atom stereocenters. The molecule has 2 N–H and O–H groups in total. The summed E-state index contributed by atoms with van der Waals surface area (Å²) in [5.41, 5.74) is 0. The van der Waals surface area contributed by atoms with E-state index in [1.807, 2.05) is 0 Å². The van der Waals surface area contributed by atoms with Crippen molar-refractivity contribution >= 4 is 15.9 Å². The van der Waals surface area contributed by atoms with Gasteiger partial charge >= 0.3 is 0 Å². The minimum atomic E-state index is -3.70. The summed E-state index contributed by atoms with van der Waals surface area (Å²) in [6.45, 7) is 5.11. The Hall–Kier alpha value is -1.84. The minimum Gasteiger partial charge on any atom is -0.497 e. The molecule has 2 rings (SSSR count). The van der Waals surface area contributed by atoms with Gasteiger partial charge in [0.1, 0.15) is 16.4 Å². The van der Waals surface area contributed by atoms with Crippen molar-refractivity contribution in [3.05, 3.63) is 18.2 Å². The van der Waals surface area contributed by atoms with E-state index >= 15 is 0 Å². The van der Waals surface area contributed by atoms with Gasteiger partial charge in [-0.2, -0.15) is 4.31 Å². The van der Waals surface area contributed by atoms with Crippen LogP contribution in [0.25, 0.3) is 0 Å². The maximum Gasteiger partial charge on any atom is 0.275 e. The number of benzene rings is 1. The van der Waals surface area contributed by atoms with Crippen LogP contribution in [0.1, 0.15) is 26.2 Å². The second-order valence-electron chi connectivity index (χ2n) is 6.90. The monoisotopic (exact) mass is 414 g/mol. The van der Waals surface area contributed by atoms with Crippen LogP contribution >= 0.6 is 0 Å². The molecule has 1 aliphatic rings. The number of ether oxygens (including phenoxy) is 2. The first-order valence-corrected chi connectivity index (χ1v) is 11.2. The van der Waals surface area contributed by atoms with Crippen LogP contribution in [0.2, 0.25) is 0 Å². The predicted molar refractivity (Wildman–Crippen MR) is 106 cm³/mol. The van der Waals surface area contributed by atoms with Gasteiger partial charge in [-0.25, -0.2) is 8.42 Å². The van der Waals surface area contributed by atoms with Gasteiger partial charge in [0.05, 0.1) is 40.4 Å². The van der Waals surface area contributed by atoms with Crippen LogP contribution in [-0.2, 0) is 14.8 Å². The summed E-state index contributed by atoms with van der Waals surface area (Å²) in [7, 11) is -0.755. The van der Waals surface area contributed by atoms with Crippen LogP contribution < -0.4 is 19.7 Å². The molecule has 0 atom stereocenters. The number of hydrogen-bond acceptors (Lipinski definition) is 5. The Morgan fingerprint density at radius 2 is 1.89 bits per heavy atom. The van der Waals surface area contributed by atoms with Gasteiger partial charge in [0.15, 0.2) is 6.54 Å². The van der Waals surface area contributed by atoms with Crippen molar-refractivity contribution in [1.29, 1.82) is 0 Å². The summed E-state index contributed by atoms with van der Waals surface area (Å²) >= 11 is 0. The third-order valence-corrected chi connectivity index (χ3v) is 6.85. The zero-order chi connectivity index (χ0) is 20.6. The van der Waals surface area contributed by atoms with E-state index in [1.54, 1.807) is 12.1 Å². The Morgan fingerprint density at radius 3 is 2.50 bits per heavy atom. The number of carbonyl (C=O) groups excluding carboxylic acids is 1. The molecule has 1 amide bonds. The minimum absolute atomic E-state index is 0.0249. The molecule has 1 saturated heterocycles. The zero-order valence-electron chi connectivity index (χ0n) is 17.0. The van der Waals surface area contributed by atoms with Crippen molar-refractivity contribution in [2.24, 2.45) is 0 Å². The van der Waals surface area contributed by atoms with Gasteiger partial charge in [-0.1, -0.05) is 19.8 Å². The molecule has 1 fully saturated rings. The summed E-state index contributed by atoms with van der Waals surface area (Å²) in [6, 6.07) is 4.74. The number of hydrogen-bond donors (Lipinski definition) is 2. The van der Waals surface area contributed by atoms with Crippen LogP contribution in [0.5, 0.6) is 11.5 Å². The van der Waals surface area contributed by atoms with Crippen molar-refractivity contribution in [2.45, 2.75) is 31.1 Å². The highest BCUT2D eigenvalue weighted by Gasteiger charge is 2.33. The molecular weight excluding hydrogens is 382 g/mol. The van der Waals surface area contributed by atoms with Gasteiger partial charge in [0.25, 0.3) is 5.91 Å². The van der Waals surface area contributed by atoms with Crippen molar-refractivity contribution in [3.8, 4) is 11.5 Å². The van der Waals surface area contributed by atoms with E-state index in [-0.39, 0.29) is 10.8 Å². The smallest absolute Gasteiger partial charge is 0.275 e. The number of nitrogens with one attached hydrogen (secondary N) is 2. The third kappa shape index (κ3) is 5.83. The lowest BCUT2D eigenvalue weighted by molar-refractivity contribution is -0.895. The van der Waals surface area contributed by atoms with E-state index in [0.717, 1.165) is 24.2 Å². The van der Waals surface area contributed by atoms with Gasteiger partial charge in [0.2, 0.25) is 10.0 Å². The van der Waals surface area contributed by atoms with Gasteiger partial charge in [-0.05, 0) is 18.6 Å². The van der Waals surface area contributed by atoms with Gasteiger partial charge in [-0.3, -0.25) is 4.79 Å². The molecule has 1 aromatic carbocycles. The van der Waals surface area contributed by atoms with Crippen LogP contribution in [-0.4, -0.2) is 72.1 Å². The molecule has 0 aromatic heterocycles. The predicted octanol–water partition coefficient (Wildman–Crippen LogP) is -0.101. The molecule has 0 saturated carbocycles. The quantitative estimate of drug-likeness (QED) is 0.522. The number of sulfonamides is 1. The summed E-state index contributed by atoms with van der Waals surface area (Å²) in [5, 5.41) is 2.94. The SMILES string of the molecule is CCCCCNC(=O)C[NH+]1CCN(S(=O)(=O)c2cc(OC)ccc2OC)CC1. The lowest BCUT2D eigenvalue weighted by atomic mass is 10.2. The van der Waals surface area contributed by atoms with Crippen LogP contribution in [0.4, 0.5) is 0 Å². The number of carbonyl (C=O) groups is 1. The number of amides is 1. The first kappa shape index (κ1) is 22.4. The maximum atomic E-state index is 13.1. The molecular formula is C19H32N3O5S+. The number of unbranched alkanes of at least 4 members (excludes halogenated alkanes) is 2. The second kappa shape index (κ2) is 10.6. The summed E-state index contributed by atoms with van der Waals surface area (Å²) in [5.74, 6) is 0.780. The fourth-order valence-electron chi connectivity index (χ4n) is 3.24. The fraction of sp³-hybridized carbons (Fsp3) is 0.632. The van der Waals surface area contributed by atoms with Crippen molar-refractivity contribution < 1.29 is 27.6 Å². The standard InChI is InChI=1S/C19H31N3O5S/c1-4-5-6-9-20-19(23)15-21-10-12-22(13-11-21)28(24,25)18-14-16(26-2)7-8-17(18)27-3/h7-8,14H,4-6,9-13,15H2,1-3H3,(H,20,23)/p+1. The number of methoxy groups -OCH3 is 2. The van der Waals surface area contributed by atoms with E-state index in [9.17, 15) is 13.2 Å². The molecule has 0 radical (unpaired) electrons. The molecule has 8 nitrogen and oxygen atoms in total. The molecule has 0 bridgehead atoms. The Bertz CT molecular complexity index is 746. The first-order chi connectivity index (χ1) is 13.4. The average molecular weight is 415 g/mol. The number of quaternary nitrogens is 1. The third-order valence-electron chi connectivity index (χ3n) is 4.93. The number of nitrogens with zero attached hydrogens (tertiary/aromatic N) is 1. The van der Waals surface area contributed by atoms with Gasteiger partial charge < -0.3 is 19.7 Å². The van der Waals surface area contributed by atoms with Crippen LogP contribution in [0, 0.1) is 0 Å². The molecule has 0 spiro atoms. The van der Waals surface area contributed by atoms with Gasteiger partial charge in [-0.15, -0.1) is 0 Å². The highest BCUT2D eigenvalue weighted by atomic mass is 32.2. The van der Waals surface area contributed by atoms with Crippen LogP contribution in [0.15, 0.2) is 23.1 Å². The normalized spacial score (nSPS) is 16.0. The Kier molecular flexibility index (Phi) is 8.53. The Morgan fingerprint density at radius 1 is 1.18 bits per heavy atom. The molecule has 1 heterocycles. The number of rotatable bonds is 10. The fourth-order valence-corrected chi connectivity index (χ4v) is 4.85. The molecule has 1 aromatic rings. The van der Waals surface area contributed by atoms with Crippen molar-refractivity contribution in [3.63, 3.8) is 0 Å². The van der Waals surface area contributed by atoms with Crippen LogP contribution in [0.3, 0.4) is 0 Å². The van der Waals surface area contributed by atoms with E-state index in [1.165, 1.54) is 24.6 Å². The van der Waals surface area contributed by atoms with E-state index < -0.39 is 10.0 Å². The highest BCUT2D eigenvalue weighted by Crippen LogP contribution is 2.30. The molecule has 9 heteroatoms. The molecule has 158 valence electrons. The van der Waals surface area contributed by atoms with Crippen molar-refractivity contribution in [2.75, 3.05) is 53.5 Å².